The number of thiol groups is 1. The van der Waals surface area contributed by atoms with Crippen LogP contribution in [0, 0.1) is 11.3 Å². The molecule has 0 fully saturated rings. The lowest BCUT2D eigenvalue weighted by Gasteiger charge is -2.16. The molecule has 0 N–H and O–H groups in total. The summed E-state index contributed by atoms with van der Waals surface area (Å²) in [5.74, 6) is 0. The van der Waals surface area contributed by atoms with E-state index in [1.165, 1.54) is 16.2 Å². The van der Waals surface area contributed by atoms with Crippen LogP contribution in [-0.4, -0.2) is 26.9 Å². The van der Waals surface area contributed by atoms with Crippen LogP contribution in [0.3, 0.4) is 0 Å². The van der Waals surface area contributed by atoms with Crippen LogP contribution in [0.25, 0.3) is 10.6 Å². The Labute approximate surface area is 126 Å². The molecule has 0 bridgehead atoms. The smallest absolute Gasteiger partial charge is 0.278 e. The van der Waals surface area contributed by atoms with Gasteiger partial charge in [0.1, 0.15) is 10.0 Å². The van der Waals surface area contributed by atoms with Crippen molar-refractivity contribution < 1.29 is 4.79 Å². The highest BCUT2D eigenvalue weighted by Gasteiger charge is 2.14. The summed E-state index contributed by atoms with van der Waals surface area (Å²) < 4.78 is 0. The molecule has 0 unspecified atom stereocenters. The van der Waals surface area contributed by atoms with Gasteiger partial charge >= 0.3 is 0 Å². The summed E-state index contributed by atoms with van der Waals surface area (Å²) in [7, 11) is 0. The van der Waals surface area contributed by atoms with E-state index in [0.717, 1.165) is 15.6 Å². The molecule has 1 heterocycles. The zero-order valence-corrected chi connectivity index (χ0v) is 12.3. The van der Waals surface area contributed by atoms with Crippen LogP contribution in [-0.2, 0) is 6.54 Å². The van der Waals surface area contributed by atoms with Crippen molar-refractivity contribution in [2.24, 2.45) is 0 Å². The lowest BCUT2D eigenvalue weighted by atomic mass is 10.2. The average molecular weight is 304 g/mol. The maximum atomic E-state index is 11.4. The third kappa shape index (κ3) is 3.79. The highest BCUT2D eigenvalue weighted by atomic mass is 32.1. The van der Waals surface area contributed by atoms with E-state index in [1.807, 2.05) is 36.4 Å². The van der Waals surface area contributed by atoms with Crippen LogP contribution in [0.4, 0.5) is 4.79 Å². The van der Waals surface area contributed by atoms with Crippen molar-refractivity contribution in [1.82, 2.24) is 15.1 Å². The fourth-order valence-corrected chi connectivity index (χ4v) is 2.64. The first-order valence-electron chi connectivity index (χ1n) is 5.93. The second-order valence-electron chi connectivity index (χ2n) is 3.98. The van der Waals surface area contributed by atoms with Gasteiger partial charge in [-0.2, -0.15) is 5.26 Å². The molecule has 0 saturated carbocycles. The Balaban J connectivity index is 2.09. The molecule has 5 nitrogen and oxygen atoms in total. The first kappa shape index (κ1) is 14.5. The first-order chi connectivity index (χ1) is 9.70. The minimum atomic E-state index is -0.364. The Hall–Kier alpha value is -1.91. The summed E-state index contributed by atoms with van der Waals surface area (Å²) in [5, 5.41) is 18.0. The van der Waals surface area contributed by atoms with Gasteiger partial charge in [0.05, 0.1) is 19.0 Å². The van der Waals surface area contributed by atoms with Crippen molar-refractivity contribution in [3.63, 3.8) is 0 Å². The van der Waals surface area contributed by atoms with Gasteiger partial charge in [-0.15, -0.1) is 10.2 Å². The molecular weight excluding hydrogens is 292 g/mol. The van der Waals surface area contributed by atoms with Crippen molar-refractivity contribution in [2.75, 3.05) is 6.54 Å². The third-order valence-corrected chi connectivity index (χ3v) is 3.82. The topological polar surface area (TPSA) is 69.9 Å². The molecule has 1 amide bonds. The van der Waals surface area contributed by atoms with Gasteiger partial charge in [0.2, 0.25) is 0 Å². The predicted molar refractivity (Wildman–Crippen MR) is 80.4 cm³/mol. The minimum absolute atomic E-state index is 0.274. The standard InChI is InChI=1S/C13H12N4OS2/c14-7-4-8-17(13(18)19)9-11-15-16-12(20-11)10-5-2-1-3-6-10/h1-3,5-6H,4,8-9H2,(H,18,19). The molecule has 20 heavy (non-hydrogen) atoms. The molecule has 1 aromatic carbocycles. The molecule has 0 saturated heterocycles. The Morgan fingerprint density at radius 2 is 2.10 bits per heavy atom. The lowest BCUT2D eigenvalue weighted by Crippen LogP contribution is -2.26. The average Bonchev–Trinajstić information content (AvgIpc) is 2.92. The lowest BCUT2D eigenvalue weighted by molar-refractivity contribution is 0.222. The number of amides is 1. The summed E-state index contributed by atoms with van der Waals surface area (Å²) in [4.78, 5) is 12.8. The van der Waals surface area contributed by atoms with Crippen molar-refractivity contribution in [3.05, 3.63) is 35.3 Å². The van der Waals surface area contributed by atoms with Gasteiger partial charge in [-0.25, -0.2) is 0 Å². The molecule has 1 aromatic heterocycles. The molecule has 0 radical (unpaired) electrons. The van der Waals surface area contributed by atoms with Crippen LogP contribution in [0.15, 0.2) is 30.3 Å². The molecule has 0 spiro atoms. The van der Waals surface area contributed by atoms with Gasteiger partial charge in [0, 0.05) is 12.1 Å². The number of aromatic nitrogens is 2. The normalized spacial score (nSPS) is 10.0. The predicted octanol–water partition coefficient (Wildman–Crippen LogP) is 2.97. The highest BCUT2D eigenvalue weighted by molar-refractivity contribution is 7.96. The number of nitrogens with zero attached hydrogens (tertiary/aromatic N) is 4. The summed E-state index contributed by atoms with van der Waals surface area (Å²) in [5.41, 5.74) is 0.997. The number of nitriles is 1. The van der Waals surface area contributed by atoms with Crippen LogP contribution >= 0.6 is 24.0 Å². The second-order valence-corrected chi connectivity index (χ2v) is 5.42. The van der Waals surface area contributed by atoms with Crippen molar-refractivity contribution in [3.8, 4) is 16.6 Å². The Bertz CT molecular complexity index is 621. The van der Waals surface area contributed by atoms with E-state index in [-0.39, 0.29) is 11.7 Å². The number of carbonyl (C=O) groups is 1. The zero-order chi connectivity index (χ0) is 14.4. The van der Waals surface area contributed by atoms with E-state index in [4.69, 9.17) is 5.26 Å². The number of hydrogen-bond donors (Lipinski definition) is 1. The monoisotopic (exact) mass is 304 g/mol. The summed E-state index contributed by atoms with van der Waals surface area (Å²) in [6, 6.07) is 11.7. The van der Waals surface area contributed by atoms with Crippen LogP contribution in [0.2, 0.25) is 0 Å². The van der Waals surface area contributed by atoms with Crippen molar-refractivity contribution in [1.29, 1.82) is 5.26 Å². The third-order valence-electron chi connectivity index (χ3n) is 2.58. The molecular formula is C13H12N4OS2. The fraction of sp³-hybridized carbons (Fsp3) is 0.231. The number of hydrogen-bond acceptors (Lipinski definition) is 5. The van der Waals surface area contributed by atoms with E-state index >= 15 is 0 Å². The van der Waals surface area contributed by atoms with Gasteiger partial charge in [0.25, 0.3) is 5.24 Å². The highest BCUT2D eigenvalue weighted by Crippen LogP contribution is 2.24. The summed E-state index contributed by atoms with van der Waals surface area (Å²) >= 11 is 5.24. The van der Waals surface area contributed by atoms with E-state index in [2.05, 4.69) is 22.8 Å². The fourth-order valence-electron chi connectivity index (χ4n) is 1.61. The summed E-state index contributed by atoms with van der Waals surface area (Å²) in [6.07, 6.45) is 0.274. The van der Waals surface area contributed by atoms with Crippen LogP contribution in [0.1, 0.15) is 11.4 Å². The molecule has 0 atom stereocenters. The van der Waals surface area contributed by atoms with E-state index in [9.17, 15) is 4.79 Å². The Morgan fingerprint density at radius 1 is 1.35 bits per heavy atom. The van der Waals surface area contributed by atoms with Crippen LogP contribution < -0.4 is 0 Å². The van der Waals surface area contributed by atoms with Gasteiger partial charge < -0.3 is 4.90 Å². The number of carbonyl (C=O) groups excluding carboxylic acids is 1. The molecule has 0 aliphatic carbocycles. The molecule has 2 rings (SSSR count). The number of benzene rings is 1. The maximum absolute atomic E-state index is 11.4. The number of rotatable bonds is 5. The zero-order valence-electron chi connectivity index (χ0n) is 10.6. The van der Waals surface area contributed by atoms with Crippen LogP contribution in [0.5, 0.6) is 0 Å². The van der Waals surface area contributed by atoms with Gasteiger partial charge in [-0.3, -0.25) is 4.79 Å². The van der Waals surface area contributed by atoms with Gasteiger partial charge in [-0.1, -0.05) is 54.3 Å². The second kappa shape index (κ2) is 7.03. The van der Waals surface area contributed by atoms with Gasteiger partial charge in [0.15, 0.2) is 0 Å². The first-order valence-corrected chi connectivity index (χ1v) is 7.19. The van der Waals surface area contributed by atoms with E-state index in [0.29, 0.717) is 13.1 Å². The van der Waals surface area contributed by atoms with Crippen molar-refractivity contribution >= 4 is 29.2 Å². The molecule has 0 aliphatic heterocycles. The van der Waals surface area contributed by atoms with Crippen molar-refractivity contribution in [2.45, 2.75) is 13.0 Å². The molecule has 7 heteroatoms. The van der Waals surface area contributed by atoms with Gasteiger partial charge in [-0.05, 0) is 0 Å². The maximum Gasteiger partial charge on any atom is 0.278 e. The molecule has 102 valence electrons. The Morgan fingerprint density at radius 3 is 2.75 bits per heavy atom. The van der Waals surface area contributed by atoms with E-state index < -0.39 is 0 Å². The minimum Gasteiger partial charge on any atom is -0.326 e. The Kier molecular flexibility index (Phi) is 5.09. The molecule has 2 aromatic rings. The van der Waals surface area contributed by atoms with E-state index in [1.54, 1.807) is 0 Å². The molecule has 0 aliphatic rings. The summed E-state index contributed by atoms with van der Waals surface area (Å²) in [6.45, 7) is 0.674. The largest absolute Gasteiger partial charge is 0.326 e. The SMILES string of the molecule is N#CCCN(Cc1nnc(-c2ccccc2)s1)C(=O)S. The quantitative estimate of drug-likeness (QED) is 0.862.